The number of benzene rings is 2. The first-order chi connectivity index (χ1) is 19.6. The van der Waals surface area contributed by atoms with Crippen LogP contribution in [-0.2, 0) is 16.0 Å². The van der Waals surface area contributed by atoms with Gasteiger partial charge in [0.25, 0.3) is 0 Å². The number of rotatable bonds is 5. The molecular formula is C32H44FN3O5. The number of carbonyl (C=O) groups excluding carboxylic acids is 2. The highest BCUT2D eigenvalue weighted by molar-refractivity contribution is 5.89. The Morgan fingerprint density at radius 1 is 1.15 bits per heavy atom. The van der Waals surface area contributed by atoms with E-state index in [2.05, 4.69) is 5.32 Å². The molecule has 2 N–H and O–H groups in total. The predicted octanol–water partition coefficient (Wildman–Crippen LogP) is 4.96. The number of nitrogens with zero attached hydrogens (tertiary/aromatic N) is 2. The van der Waals surface area contributed by atoms with E-state index in [0.29, 0.717) is 57.8 Å². The average molecular weight is 570 g/mol. The third kappa shape index (κ3) is 8.66. The fourth-order valence-corrected chi connectivity index (χ4v) is 5.69. The normalized spacial score (nSPS) is 23.9. The maximum Gasteiger partial charge on any atom is 0.321 e. The second-order valence-electron chi connectivity index (χ2n) is 12.0. The highest BCUT2D eigenvalue weighted by Gasteiger charge is 2.36. The number of hydrogen-bond donors (Lipinski definition) is 2. The predicted molar refractivity (Wildman–Crippen MR) is 156 cm³/mol. The molecule has 8 nitrogen and oxygen atoms in total. The van der Waals surface area contributed by atoms with E-state index in [1.165, 1.54) is 12.1 Å². The number of fused-ring (bicyclic) bond motifs is 1. The summed E-state index contributed by atoms with van der Waals surface area (Å²) in [5.74, 6) is 0.666. The van der Waals surface area contributed by atoms with Gasteiger partial charge in [0.2, 0.25) is 5.91 Å². The van der Waals surface area contributed by atoms with E-state index in [-0.39, 0.29) is 30.3 Å². The molecule has 0 spiro atoms. The largest absolute Gasteiger partial charge is 0.497 e. The number of aliphatic hydroxyl groups is 1. The highest BCUT2D eigenvalue weighted by Crippen LogP contribution is 2.32. The molecule has 3 amide bonds. The van der Waals surface area contributed by atoms with Crippen molar-refractivity contribution in [3.8, 4) is 5.75 Å². The molecule has 4 rings (SSSR count). The lowest BCUT2D eigenvalue weighted by Gasteiger charge is -2.39. The second-order valence-corrected chi connectivity index (χ2v) is 12.0. The standard InChI is InChI=1S/C32H44FN3O5/c1-32(2)22-41-17-5-6-25-20-36(31(39)34-27-8-4-7-26(33)19-27)16-14-24(25)18-30(38)35(21-29(32)37)15-13-23-9-11-28(40-3)12-10-23/h4,7-12,19,24-25,29,37H,5-6,13-18,20-22H2,1-3H3,(H,34,39)/t24-,25-,29-/m0/s1. The van der Waals surface area contributed by atoms with Crippen LogP contribution in [0.1, 0.15) is 45.1 Å². The number of methoxy groups -OCH3 is 1. The van der Waals surface area contributed by atoms with Gasteiger partial charge in [-0.2, -0.15) is 0 Å². The molecule has 2 saturated heterocycles. The lowest BCUT2D eigenvalue weighted by Crippen LogP contribution is -2.48. The molecule has 2 aliphatic heterocycles. The Hall–Kier alpha value is -3.17. The summed E-state index contributed by atoms with van der Waals surface area (Å²) in [5.41, 5.74) is 1.00. The van der Waals surface area contributed by atoms with E-state index in [0.717, 1.165) is 24.2 Å². The summed E-state index contributed by atoms with van der Waals surface area (Å²) in [6, 6.07) is 13.4. The fraction of sp³-hybridized carbons (Fsp3) is 0.562. The summed E-state index contributed by atoms with van der Waals surface area (Å²) in [6.07, 6.45) is 2.65. The van der Waals surface area contributed by atoms with Gasteiger partial charge in [0.15, 0.2) is 0 Å². The zero-order valence-electron chi connectivity index (χ0n) is 24.5. The number of amides is 3. The Balaban J connectivity index is 1.46. The molecule has 0 aliphatic carbocycles. The van der Waals surface area contributed by atoms with Crippen LogP contribution in [0.5, 0.6) is 5.75 Å². The Labute approximate surface area is 242 Å². The van der Waals surface area contributed by atoms with Crippen molar-refractivity contribution in [1.82, 2.24) is 9.80 Å². The van der Waals surface area contributed by atoms with Gasteiger partial charge in [0.05, 0.1) is 19.8 Å². The SMILES string of the molecule is COc1ccc(CCN2C[C@H](O)C(C)(C)COCCC[C@H]3CN(C(=O)Nc4cccc(F)c4)CC[C@H]3CC2=O)cc1. The Bertz CT molecular complexity index is 1160. The quantitative estimate of drug-likeness (QED) is 0.531. The van der Waals surface area contributed by atoms with Gasteiger partial charge in [-0.3, -0.25) is 4.79 Å². The lowest BCUT2D eigenvalue weighted by molar-refractivity contribution is -0.136. The Morgan fingerprint density at radius 3 is 2.66 bits per heavy atom. The number of urea groups is 1. The number of nitrogens with one attached hydrogen (secondary N) is 1. The van der Waals surface area contributed by atoms with Crippen molar-refractivity contribution in [2.24, 2.45) is 17.3 Å². The van der Waals surface area contributed by atoms with Crippen molar-refractivity contribution in [3.63, 3.8) is 0 Å². The van der Waals surface area contributed by atoms with E-state index in [9.17, 15) is 19.1 Å². The van der Waals surface area contributed by atoms with Crippen LogP contribution >= 0.6 is 0 Å². The van der Waals surface area contributed by atoms with E-state index in [4.69, 9.17) is 9.47 Å². The van der Waals surface area contributed by atoms with Crippen LogP contribution in [0, 0.1) is 23.1 Å². The first kappa shape index (κ1) is 30.8. The monoisotopic (exact) mass is 569 g/mol. The molecule has 0 bridgehead atoms. The van der Waals surface area contributed by atoms with E-state index in [1.54, 1.807) is 29.0 Å². The number of halogens is 1. The Kier molecular flexibility index (Phi) is 10.6. The molecule has 0 saturated carbocycles. The third-order valence-electron chi connectivity index (χ3n) is 8.51. The van der Waals surface area contributed by atoms with E-state index in [1.807, 2.05) is 38.1 Å². The topological polar surface area (TPSA) is 91.3 Å². The number of β-amino-alcohol motifs (C(OH)–C–C–N with tert-alkyl or cyclic N) is 1. The smallest absolute Gasteiger partial charge is 0.321 e. The zero-order valence-corrected chi connectivity index (χ0v) is 24.5. The zero-order chi connectivity index (χ0) is 29.4. The number of carbonyl (C=O) groups is 2. The van der Waals surface area contributed by atoms with Crippen LogP contribution in [0.3, 0.4) is 0 Å². The summed E-state index contributed by atoms with van der Waals surface area (Å²) in [4.78, 5) is 30.4. The molecule has 2 aromatic rings. The van der Waals surface area contributed by atoms with Crippen LogP contribution in [0.25, 0.3) is 0 Å². The molecule has 2 aliphatic rings. The lowest BCUT2D eigenvalue weighted by atomic mass is 9.80. The van der Waals surface area contributed by atoms with Crippen LogP contribution in [0.15, 0.2) is 48.5 Å². The molecule has 3 atom stereocenters. The maximum atomic E-state index is 13.8. The van der Waals surface area contributed by atoms with Gasteiger partial charge in [-0.15, -0.1) is 0 Å². The fourth-order valence-electron chi connectivity index (χ4n) is 5.69. The summed E-state index contributed by atoms with van der Waals surface area (Å²) in [7, 11) is 1.63. The molecule has 41 heavy (non-hydrogen) atoms. The van der Waals surface area contributed by atoms with Crippen LogP contribution in [0.2, 0.25) is 0 Å². The molecule has 2 fully saturated rings. The summed E-state index contributed by atoms with van der Waals surface area (Å²) in [6.45, 7) is 6.68. The van der Waals surface area contributed by atoms with Crippen LogP contribution in [-0.4, -0.2) is 79.5 Å². The second kappa shape index (κ2) is 14.1. The molecule has 9 heteroatoms. The number of anilines is 1. The van der Waals surface area contributed by atoms with Crippen LogP contribution < -0.4 is 10.1 Å². The first-order valence-corrected chi connectivity index (χ1v) is 14.6. The molecular weight excluding hydrogens is 525 g/mol. The minimum atomic E-state index is -0.729. The van der Waals surface area contributed by atoms with Gasteiger partial charge in [0, 0.05) is 50.3 Å². The summed E-state index contributed by atoms with van der Waals surface area (Å²) < 4.78 is 24.9. The molecule has 0 aromatic heterocycles. The average Bonchev–Trinajstić information content (AvgIpc) is 2.95. The summed E-state index contributed by atoms with van der Waals surface area (Å²) >= 11 is 0. The van der Waals surface area contributed by atoms with Crippen molar-refractivity contribution in [2.75, 3.05) is 51.8 Å². The summed E-state index contributed by atoms with van der Waals surface area (Å²) in [5, 5.41) is 14.0. The number of aliphatic hydroxyl groups excluding tert-OH is 1. The minimum absolute atomic E-state index is 0.0289. The van der Waals surface area contributed by atoms with E-state index >= 15 is 0 Å². The van der Waals surface area contributed by atoms with Crippen molar-refractivity contribution in [1.29, 1.82) is 0 Å². The van der Waals surface area contributed by atoms with Gasteiger partial charge in [-0.25, -0.2) is 9.18 Å². The molecule has 2 heterocycles. The van der Waals surface area contributed by atoms with Gasteiger partial charge < -0.3 is 29.7 Å². The van der Waals surface area contributed by atoms with Gasteiger partial charge >= 0.3 is 6.03 Å². The minimum Gasteiger partial charge on any atom is -0.497 e. The van der Waals surface area contributed by atoms with Crippen molar-refractivity contribution in [2.45, 2.75) is 52.1 Å². The van der Waals surface area contributed by atoms with E-state index < -0.39 is 17.3 Å². The maximum absolute atomic E-state index is 13.8. The van der Waals surface area contributed by atoms with Gasteiger partial charge in [-0.1, -0.05) is 32.0 Å². The molecule has 2 aromatic carbocycles. The van der Waals surface area contributed by atoms with Crippen molar-refractivity contribution >= 4 is 17.6 Å². The van der Waals surface area contributed by atoms with Crippen molar-refractivity contribution in [3.05, 3.63) is 59.9 Å². The Morgan fingerprint density at radius 2 is 1.93 bits per heavy atom. The number of hydrogen-bond acceptors (Lipinski definition) is 5. The van der Waals surface area contributed by atoms with Gasteiger partial charge in [0.1, 0.15) is 11.6 Å². The molecule has 224 valence electrons. The van der Waals surface area contributed by atoms with Crippen LogP contribution in [0.4, 0.5) is 14.9 Å². The number of ether oxygens (including phenoxy) is 2. The first-order valence-electron chi connectivity index (χ1n) is 14.6. The molecule has 0 radical (unpaired) electrons. The number of likely N-dealkylation sites (tertiary alicyclic amines) is 1. The number of piperidine rings is 1. The third-order valence-corrected chi connectivity index (χ3v) is 8.51. The van der Waals surface area contributed by atoms with Crippen molar-refractivity contribution < 1.29 is 28.6 Å². The highest BCUT2D eigenvalue weighted by atomic mass is 19.1. The van der Waals surface area contributed by atoms with Gasteiger partial charge in [-0.05, 0) is 73.4 Å². The molecule has 0 unspecified atom stereocenters.